The van der Waals surface area contributed by atoms with Crippen LogP contribution in [0.25, 0.3) is 16.7 Å². The molecule has 7 rings (SSSR count). The van der Waals surface area contributed by atoms with Gasteiger partial charge in [-0.15, -0.1) is 0 Å². The second-order valence-corrected chi connectivity index (χ2v) is 13.9. The van der Waals surface area contributed by atoms with E-state index in [1.165, 1.54) is 18.3 Å². The number of anilines is 3. The quantitative estimate of drug-likeness (QED) is 0.0688. The van der Waals surface area contributed by atoms with Crippen LogP contribution < -0.4 is 32.6 Å². The summed E-state index contributed by atoms with van der Waals surface area (Å²) < 4.78 is 6.06. The fourth-order valence-corrected chi connectivity index (χ4v) is 6.82. The molecule has 3 aliphatic rings. The molecule has 8 N–H and O–H groups in total. The molecule has 3 heterocycles. The molecule has 290 valence electrons. The number of aromatic amines is 1. The maximum absolute atomic E-state index is 12.6. The van der Waals surface area contributed by atoms with E-state index in [2.05, 4.69) is 41.2 Å². The van der Waals surface area contributed by atoms with Gasteiger partial charge in [-0.1, -0.05) is 18.2 Å². The van der Waals surface area contributed by atoms with Crippen molar-refractivity contribution >= 4 is 68.9 Å². The van der Waals surface area contributed by atoms with E-state index in [4.69, 9.17) is 22.7 Å². The molecule has 0 fully saturated rings. The Hall–Kier alpha value is -6.94. The van der Waals surface area contributed by atoms with Gasteiger partial charge in [-0.05, 0) is 96.9 Å². The van der Waals surface area contributed by atoms with Crippen LogP contribution in [0.1, 0.15) is 47.3 Å². The molecule has 2 aromatic heterocycles. The van der Waals surface area contributed by atoms with Crippen molar-refractivity contribution in [2.24, 2.45) is 5.92 Å². The van der Waals surface area contributed by atoms with Crippen molar-refractivity contribution in [3.05, 3.63) is 135 Å². The lowest BCUT2D eigenvalue weighted by Gasteiger charge is -2.36. The number of benzene rings is 2. The Bertz CT molecular complexity index is 2450. The fourth-order valence-electron chi connectivity index (χ4n) is 6.60. The summed E-state index contributed by atoms with van der Waals surface area (Å²) in [5, 5.41) is 22.8. The van der Waals surface area contributed by atoms with Gasteiger partial charge in [0.2, 0.25) is 5.95 Å². The van der Waals surface area contributed by atoms with Crippen molar-refractivity contribution in [3.63, 3.8) is 0 Å². The number of amides is 1. The number of fused-ring (bicyclic) bond motifs is 3. The SMILES string of the molecule is Nc1nc2ncc(CNc3ccc(C(=O)NCCCC(=O)CCCNC(=S)Nc4ccc(C5=C6C=CC(=O)C=C6OC6C=C(O)C=CC56)cc4)cc3)nc2c(=O)[nH]1. The molecule has 57 heavy (non-hydrogen) atoms. The van der Waals surface area contributed by atoms with Crippen LogP contribution in [0.2, 0.25) is 0 Å². The van der Waals surface area contributed by atoms with Gasteiger partial charge in [-0.25, -0.2) is 9.97 Å². The second kappa shape index (κ2) is 17.2. The number of ketones is 2. The molecule has 2 aliphatic carbocycles. The van der Waals surface area contributed by atoms with E-state index >= 15 is 0 Å². The van der Waals surface area contributed by atoms with Gasteiger partial charge in [-0.3, -0.25) is 24.2 Å². The first-order valence-electron chi connectivity index (χ1n) is 18.3. The number of H-pyrrole nitrogens is 1. The number of carbonyl (C=O) groups excluding carboxylic acids is 3. The summed E-state index contributed by atoms with van der Waals surface area (Å²) in [7, 11) is 0. The number of aromatic nitrogens is 4. The molecule has 2 aromatic carbocycles. The maximum atomic E-state index is 12.6. The van der Waals surface area contributed by atoms with Crippen molar-refractivity contribution < 1.29 is 24.2 Å². The van der Waals surface area contributed by atoms with E-state index in [1.807, 2.05) is 30.3 Å². The number of ether oxygens (including phenoxy) is 1. The third-order valence-electron chi connectivity index (χ3n) is 9.40. The molecule has 15 nitrogen and oxygen atoms in total. The highest BCUT2D eigenvalue weighted by molar-refractivity contribution is 7.80. The third kappa shape index (κ3) is 9.48. The number of Topliss-reactive ketones (excluding diaryl/α,β-unsaturated/α-hetero) is 1. The van der Waals surface area contributed by atoms with Crippen LogP contribution >= 0.6 is 12.2 Å². The van der Waals surface area contributed by atoms with Crippen LogP contribution in [0, 0.1) is 5.92 Å². The molecule has 0 spiro atoms. The van der Waals surface area contributed by atoms with E-state index < -0.39 is 11.7 Å². The minimum atomic E-state index is -0.464. The molecule has 0 saturated heterocycles. The summed E-state index contributed by atoms with van der Waals surface area (Å²) in [6, 6.07) is 14.7. The van der Waals surface area contributed by atoms with Crippen molar-refractivity contribution in [1.29, 1.82) is 0 Å². The number of nitrogens with one attached hydrogen (secondary N) is 5. The maximum Gasteiger partial charge on any atom is 0.280 e. The highest BCUT2D eigenvalue weighted by Gasteiger charge is 2.36. The number of allylic oxidation sites excluding steroid dienone is 4. The Morgan fingerprint density at radius 2 is 1.67 bits per heavy atom. The highest BCUT2D eigenvalue weighted by atomic mass is 32.1. The number of aliphatic hydroxyl groups excluding tert-OH is 1. The summed E-state index contributed by atoms with van der Waals surface area (Å²) >= 11 is 5.47. The fraction of sp³-hybridized carbons (Fsp3) is 0.220. The highest BCUT2D eigenvalue weighted by Crippen LogP contribution is 2.44. The minimum Gasteiger partial charge on any atom is -0.508 e. The number of nitrogen functional groups attached to an aromatic ring is 1. The number of carbonyl (C=O) groups is 3. The molecule has 1 amide bonds. The predicted molar refractivity (Wildman–Crippen MR) is 220 cm³/mol. The predicted octanol–water partition coefficient (Wildman–Crippen LogP) is 4.56. The van der Waals surface area contributed by atoms with Crippen LogP contribution in [0.15, 0.2) is 113 Å². The lowest BCUT2D eigenvalue weighted by Crippen LogP contribution is -2.30. The van der Waals surface area contributed by atoms with Crippen LogP contribution in [-0.2, 0) is 20.9 Å². The number of hydrogen-bond acceptors (Lipinski definition) is 12. The van der Waals surface area contributed by atoms with E-state index in [1.54, 1.807) is 42.5 Å². The van der Waals surface area contributed by atoms with Gasteiger partial charge >= 0.3 is 0 Å². The average Bonchev–Trinajstić information content (AvgIpc) is 3.20. The molecular weight excluding hydrogens is 747 g/mol. The van der Waals surface area contributed by atoms with E-state index in [0.29, 0.717) is 67.4 Å². The van der Waals surface area contributed by atoms with Gasteiger partial charge in [0.05, 0.1) is 18.4 Å². The first-order chi connectivity index (χ1) is 27.6. The van der Waals surface area contributed by atoms with Crippen LogP contribution in [-0.4, -0.2) is 66.8 Å². The topological polar surface area (TPSA) is 226 Å². The first kappa shape index (κ1) is 38.3. The largest absolute Gasteiger partial charge is 0.508 e. The lowest BCUT2D eigenvalue weighted by atomic mass is 9.79. The smallest absolute Gasteiger partial charge is 0.280 e. The number of aliphatic hydroxyl groups is 1. The second-order valence-electron chi connectivity index (χ2n) is 13.5. The summed E-state index contributed by atoms with van der Waals surface area (Å²) in [6.45, 7) is 1.19. The van der Waals surface area contributed by atoms with Gasteiger partial charge < -0.3 is 36.8 Å². The third-order valence-corrected chi connectivity index (χ3v) is 9.65. The standard InChI is InChI=1S/C41H39N9O6S/c42-40-49-37-36(39(55)50-40)47-27(22-46-37)21-45-25-9-7-24(8-10-25)38(54)43-17-1-3-28(51)4-2-18-44-41(57)48-26-11-5-23(6-12-26)35-31-15-13-29(52)19-33(31)56-34-20-30(53)14-16-32(34)35/h5-16,19-20,22,31,33,45,52H,1-4,17-18,21H2,(H,43,54)(H2,44,48,57)(H3,42,46,49,50,55). The Labute approximate surface area is 331 Å². The summed E-state index contributed by atoms with van der Waals surface area (Å²) in [5.41, 5.74) is 10.7. The number of rotatable bonds is 14. The zero-order valence-corrected chi connectivity index (χ0v) is 31.4. The zero-order chi connectivity index (χ0) is 39.9. The van der Waals surface area contributed by atoms with Crippen molar-refractivity contribution in [2.75, 3.05) is 29.5 Å². The van der Waals surface area contributed by atoms with Crippen LogP contribution in [0.3, 0.4) is 0 Å². The molecule has 2 unspecified atom stereocenters. The molecule has 1 aliphatic heterocycles. The average molecular weight is 786 g/mol. The molecule has 0 bridgehead atoms. The van der Waals surface area contributed by atoms with Gasteiger partial charge in [-0.2, -0.15) is 4.98 Å². The summed E-state index contributed by atoms with van der Waals surface area (Å²) in [5.74, 6) is 0.174. The number of thiocarbonyl (C=S) groups is 1. The van der Waals surface area contributed by atoms with Crippen LogP contribution in [0.5, 0.6) is 0 Å². The summed E-state index contributed by atoms with van der Waals surface area (Å²) in [4.78, 5) is 64.1. The minimum absolute atomic E-state index is 0.0264. The van der Waals surface area contributed by atoms with E-state index in [-0.39, 0.29) is 46.3 Å². The van der Waals surface area contributed by atoms with Gasteiger partial charge in [0.1, 0.15) is 23.4 Å². The van der Waals surface area contributed by atoms with Gasteiger partial charge in [0.15, 0.2) is 22.1 Å². The summed E-state index contributed by atoms with van der Waals surface area (Å²) in [6.07, 6.45) is 12.9. The van der Waals surface area contributed by atoms with Crippen molar-refractivity contribution in [2.45, 2.75) is 38.3 Å². The molecule has 2 atom stereocenters. The number of nitrogens with two attached hydrogens (primary N) is 1. The van der Waals surface area contributed by atoms with E-state index in [9.17, 15) is 24.3 Å². The monoisotopic (exact) mass is 785 g/mol. The molecule has 16 heteroatoms. The van der Waals surface area contributed by atoms with Crippen LogP contribution in [0.4, 0.5) is 17.3 Å². The molecular formula is C41H39N9O6S. The van der Waals surface area contributed by atoms with E-state index in [0.717, 1.165) is 28.1 Å². The Morgan fingerprint density at radius 3 is 2.44 bits per heavy atom. The Balaban J connectivity index is 0.786. The molecule has 0 saturated carbocycles. The first-order valence-corrected chi connectivity index (χ1v) is 18.7. The zero-order valence-electron chi connectivity index (χ0n) is 30.6. The normalized spacial score (nSPS) is 16.8. The molecule has 4 aromatic rings. The Kier molecular flexibility index (Phi) is 11.6. The van der Waals surface area contributed by atoms with Crippen molar-refractivity contribution in [1.82, 2.24) is 30.6 Å². The lowest BCUT2D eigenvalue weighted by molar-refractivity contribution is -0.119. The molecule has 0 radical (unpaired) electrons. The number of hydrogen-bond donors (Lipinski definition) is 7. The van der Waals surface area contributed by atoms with Crippen molar-refractivity contribution in [3.8, 4) is 0 Å². The number of nitrogens with zero attached hydrogens (tertiary/aromatic N) is 3. The van der Waals surface area contributed by atoms with Gasteiger partial charge in [0.25, 0.3) is 11.5 Å². The van der Waals surface area contributed by atoms with Gasteiger partial charge in [0, 0.05) is 60.4 Å². The Morgan fingerprint density at radius 1 is 0.930 bits per heavy atom.